The third kappa shape index (κ3) is 3.72. The zero-order valence-electron chi connectivity index (χ0n) is 10.4. The van der Waals surface area contributed by atoms with Crippen LogP contribution < -0.4 is 11.3 Å². The lowest BCUT2D eigenvalue weighted by Gasteiger charge is -2.06. The van der Waals surface area contributed by atoms with Gasteiger partial charge >= 0.3 is 0 Å². The molecule has 0 aromatic heterocycles. The Labute approximate surface area is 125 Å². The highest BCUT2D eigenvalue weighted by Crippen LogP contribution is 2.25. The average Bonchev–Trinajstić information content (AvgIpc) is 2.47. The Bertz CT molecular complexity index is 619. The SMILES string of the molecule is NNC(=O)c1ccc(F)c(CSc2ccc(Cl)cc2)c1. The highest BCUT2D eigenvalue weighted by atomic mass is 35.5. The number of carbonyl (C=O) groups excluding carboxylic acids is 1. The van der Waals surface area contributed by atoms with Gasteiger partial charge in [-0.3, -0.25) is 10.2 Å². The van der Waals surface area contributed by atoms with E-state index in [-0.39, 0.29) is 5.82 Å². The summed E-state index contributed by atoms with van der Waals surface area (Å²) in [7, 11) is 0. The first kappa shape index (κ1) is 14.8. The monoisotopic (exact) mass is 310 g/mol. The normalized spacial score (nSPS) is 10.3. The van der Waals surface area contributed by atoms with Gasteiger partial charge in [-0.1, -0.05) is 11.6 Å². The fraction of sp³-hybridized carbons (Fsp3) is 0.0714. The van der Waals surface area contributed by atoms with Crippen LogP contribution in [0.25, 0.3) is 0 Å². The average molecular weight is 311 g/mol. The summed E-state index contributed by atoms with van der Waals surface area (Å²) in [4.78, 5) is 12.4. The Hall–Kier alpha value is -1.56. The third-order valence-corrected chi connectivity index (χ3v) is 3.96. The zero-order valence-corrected chi connectivity index (χ0v) is 12.0. The number of hydrogen-bond acceptors (Lipinski definition) is 3. The number of benzene rings is 2. The van der Waals surface area contributed by atoms with Crippen LogP contribution in [-0.2, 0) is 5.75 Å². The third-order valence-electron chi connectivity index (χ3n) is 2.65. The van der Waals surface area contributed by atoms with Crippen LogP contribution in [0, 0.1) is 5.82 Å². The number of nitrogen functional groups attached to an aromatic ring is 1. The molecular weight excluding hydrogens is 299 g/mol. The predicted octanol–water partition coefficient (Wildman–Crippen LogP) is 3.37. The molecule has 20 heavy (non-hydrogen) atoms. The van der Waals surface area contributed by atoms with Gasteiger partial charge in [-0.2, -0.15) is 0 Å². The Balaban J connectivity index is 2.12. The van der Waals surface area contributed by atoms with Crippen LogP contribution in [0.15, 0.2) is 47.4 Å². The second kappa shape index (κ2) is 6.74. The molecule has 0 atom stereocenters. The van der Waals surface area contributed by atoms with Crippen LogP contribution >= 0.6 is 23.4 Å². The van der Waals surface area contributed by atoms with Crippen molar-refractivity contribution in [2.45, 2.75) is 10.6 Å². The van der Waals surface area contributed by atoms with Gasteiger partial charge in [0.05, 0.1) is 0 Å². The van der Waals surface area contributed by atoms with Gasteiger partial charge in [-0.25, -0.2) is 10.2 Å². The summed E-state index contributed by atoms with van der Waals surface area (Å²) in [6.07, 6.45) is 0. The van der Waals surface area contributed by atoms with Gasteiger partial charge in [0.15, 0.2) is 0 Å². The molecule has 2 rings (SSSR count). The van der Waals surface area contributed by atoms with Crippen molar-refractivity contribution >= 4 is 29.3 Å². The summed E-state index contributed by atoms with van der Waals surface area (Å²) in [5.41, 5.74) is 2.81. The van der Waals surface area contributed by atoms with Crippen molar-refractivity contribution in [3.8, 4) is 0 Å². The second-order valence-electron chi connectivity index (χ2n) is 4.02. The van der Waals surface area contributed by atoms with E-state index in [0.29, 0.717) is 21.9 Å². The molecule has 0 unspecified atom stereocenters. The van der Waals surface area contributed by atoms with Crippen molar-refractivity contribution in [2.24, 2.45) is 5.84 Å². The summed E-state index contributed by atoms with van der Waals surface area (Å²) in [6.45, 7) is 0. The first-order valence-electron chi connectivity index (χ1n) is 5.78. The molecule has 104 valence electrons. The van der Waals surface area contributed by atoms with Crippen molar-refractivity contribution in [3.05, 3.63) is 64.4 Å². The second-order valence-corrected chi connectivity index (χ2v) is 5.51. The highest BCUT2D eigenvalue weighted by molar-refractivity contribution is 7.98. The van der Waals surface area contributed by atoms with E-state index in [1.807, 2.05) is 17.6 Å². The number of hydrazine groups is 1. The summed E-state index contributed by atoms with van der Waals surface area (Å²) < 4.78 is 13.7. The Morgan fingerprint density at radius 2 is 1.95 bits per heavy atom. The van der Waals surface area contributed by atoms with Crippen LogP contribution in [-0.4, -0.2) is 5.91 Å². The molecule has 0 saturated heterocycles. The van der Waals surface area contributed by atoms with Crippen molar-refractivity contribution in [1.82, 2.24) is 5.43 Å². The molecule has 3 N–H and O–H groups in total. The van der Waals surface area contributed by atoms with Gasteiger partial charge in [-0.05, 0) is 48.0 Å². The number of carbonyl (C=O) groups is 1. The van der Waals surface area contributed by atoms with Crippen LogP contribution in [0.2, 0.25) is 5.02 Å². The predicted molar refractivity (Wildman–Crippen MR) is 79.1 cm³/mol. The van der Waals surface area contributed by atoms with Crippen LogP contribution in [0.1, 0.15) is 15.9 Å². The molecule has 3 nitrogen and oxygen atoms in total. The molecule has 0 saturated carbocycles. The van der Waals surface area contributed by atoms with Crippen molar-refractivity contribution in [2.75, 3.05) is 0 Å². The number of rotatable bonds is 4. The van der Waals surface area contributed by atoms with E-state index in [1.165, 1.54) is 30.0 Å². The summed E-state index contributed by atoms with van der Waals surface area (Å²) in [5.74, 6) is 4.69. The number of halogens is 2. The molecule has 2 aromatic rings. The highest BCUT2D eigenvalue weighted by Gasteiger charge is 2.09. The van der Waals surface area contributed by atoms with Gasteiger partial charge in [0.25, 0.3) is 5.91 Å². The molecule has 0 spiro atoms. The first-order valence-corrected chi connectivity index (χ1v) is 7.14. The lowest BCUT2D eigenvalue weighted by atomic mass is 10.1. The number of nitrogens with two attached hydrogens (primary N) is 1. The fourth-order valence-corrected chi connectivity index (χ4v) is 2.60. The molecule has 2 aromatic carbocycles. The van der Waals surface area contributed by atoms with E-state index in [1.54, 1.807) is 12.1 Å². The van der Waals surface area contributed by atoms with Gasteiger partial charge in [-0.15, -0.1) is 11.8 Å². The maximum atomic E-state index is 13.7. The molecule has 0 aliphatic rings. The first-order chi connectivity index (χ1) is 9.60. The van der Waals surface area contributed by atoms with E-state index in [2.05, 4.69) is 0 Å². The lowest BCUT2D eigenvalue weighted by molar-refractivity contribution is 0.0953. The summed E-state index contributed by atoms with van der Waals surface area (Å²) >= 11 is 7.26. The quantitative estimate of drug-likeness (QED) is 0.394. The summed E-state index contributed by atoms with van der Waals surface area (Å²) in [6, 6.07) is 11.4. The molecule has 0 aliphatic heterocycles. The number of thioether (sulfide) groups is 1. The Morgan fingerprint density at radius 3 is 2.60 bits per heavy atom. The van der Waals surface area contributed by atoms with E-state index in [4.69, 9.17) is 17.4 Å². The molecule has 1 amide bonds. The number of nitrogens with one attached hydrogen (secondary N) is 1. The molecule has 0 fully saturated rings. The van der Waals surface area contributed by atoms with Gasteiger partial charge in [0.2, 0.25) is 0 Å². The minimum Gasteiger partial charge on any atom is -0.290 e. The van der Waals surface area contributed by atoms with Crippen molar-refractivity contribution in [1.29, 1.82) is 0 Å². The maximum absolute atomic E-state index is 13.7. The van der Waals surface area contributed by atoms with Crippen molar-refractivity contribution in [3.63, 3.8) is 0 Å². The van der Waals surface area contributed by atoms with Crippen molar-refractivity contribution < 1.29 is 9.18 Å². The number of amides is 1. The smallest absolute Gasteiger partial charge is 0.265 e. The van der Waals surface area contributed by atoms with E-state index < -0.39 is 5.91 Å². The summed E-state index contributed by atoms with van der Waals surface area (Å²) in [5, 5.41) is 0.655. The molecule has 0 bridgehead atoms. The fourth-order valence-electron chi connectivity index (χ4n) is 1.60. The number of hydrogen-bond donors (Lipinski definition) is 2. The largest absolute Gasteiger partial charge is 0.290 e. The standard InChI is InChI=1S/C14H12ClFN2OS/c15-11-2-4-12(5-3-11)20-8-10-7-9(14(19)18-17)1-6-13(10)16/h1-7H,8,17H2,(H,18,19). The minimum absolute atomic E-state index is 0.334. The van der Waals surface area contributed by atoms with Crippen LogP contribution in [0.5, 0.6) is 0 Å². The molecule has 6 heteroatoms. The maximum Gasteiger partial charge on any atom is 0.265 e. The van der Waals surface area contributed by atoms with E-state index >= 15 is 0 Å². The molecule has 0 aliphatic carbocycles. The molecule has 0 heterocycles. The van der Waals surface area contributed by atoms with Crippen LogP contribution in [0.3, 0.4) is 0 Å². The van der Waals surface area contributed by atoms with E-state index in [9.17, 15) is 9.18 Å². The topological polar surface area (TPSA) is 55.1 Å². The Morgan fingerprint density at radius 1 is 1.25 bits per heavy atom. The minimum atomic E-state index is -0.442. The molecule has 0 radical (unpaired) electrons. The van der Waals surface area contributed by atoms with Crippen LogP contribution in [0.4, 0.5) is 4.39 Å². The van der Waals surface area contributed by atoms with E-state index in [0.717, 1.165) is 4.90 Å². The zero-order chi connectivity index (χ0) is 14.5. The van der Waals surface area contributed by atoms with Gasteiger partial charge in [0.1, 0.15) is 5.82 Å². The Kier molecular flexibility index (Phi) is 5.00. The van der Waals surface area contributed by atoms with Gasteiger partial charge < -0.3 is 0 Å². The van der Waals surface area contributed by atoms with Gasteiger partial charge in [0, 0.05) is 21.2 Å². The lowest BCUT2D eigenvalue weighted by Crippen LogP contribution is -2.30. The molecular formula is C14H12ClFN2OS.